The highest BCUT2D eigenvalue weighted by atomic mass is 32.1. The van der Waals surface area contributed by atoms with Crippen molar-refractivity contribution in [2.45, 2.75) is 31.7 Å². The highest BCUT2D eigenvalue weighted by molar-refractivity contribution is 7.11. The summed E-state index contributed by atoms with van der Waals surface area (Å²) in [5.41, 5.74) is 6.13. The van der Waals surface area contributed by atoms with Crippen LogP contribution in [0, 0.1) is 0 Å². The number of esters is 1. The summed E-state index contributed by atoms with van der Waals surface area (Å²) in [5, 5.41) is 9.92. The molecule has 0 aliphatic carbocycles. The molecule has 0 saturated carbocycles. The standard InChI is InChI=1S/C12H19N3O3S/c1-18-12(17)9-10(13)14-19-11(9)15-6-3-2-4-8(15)5-7-16/h8,16H,2-7H2,1H3,(H2,13,14). The zero-order valence-electron chi connectivity index (χ0n) is 11.0. The number of rotatable bonds is 4. The van der Waals surface area contributed by atoms with E-state index in [1.54, 1.807) is 0 Å². The van der Waals surface area contributed by atoms with Crippen molar-refractivity contribution < 1.29 is 14.6 Å². The second-order valence-electron chi connectivity index (χ2n) is 4.59. The number of aliphatic hydroxyl groups is 1. The predicted octanol–water partition coefficient (Wildman–Crippen LogP) is 1.25. The fourth-order valence-corrected chi connectivity index (χ4v) is 3.40. The van der Waals surface area contributed by atoms with Crippen LogP contribution in [0.1, 0.15) is 36.0 Å². The van der Waals surface area contributed by atoms with Crippen molar-refractivity contribution in [1.82, 2.24) is 4.37 Å². The number of piperidine rings is 1. The molecule has 6 nitrogen and oxygen atoms in total. The molecule has 0 amide bonds. The van der Waals surface area contributed by atoms with Gasteiger partial charge < -0.3 is 20.5 Å². The molecule has 0 radical (unpaired) electrons. The topological polar surface area (TPSA) is 88.7 Å². The van der Waals surface area contributed by atoms with Gasteiger partial charge >= 0.3 is 5.97 Å². The minimum absolute atomic E-state index is 0.142. The van der Waals surface area contributed by atoms with Gasteiger partial charge in [-0.1, -0.05) is 0 Å². The first kappa shape index (κ1) is 14.1. The lowest BCUT2D eigenvalue weighted by Crippen LogP contribution is -2.40. The number of nitrogens with zero attached hydrogens (tertiary/aromatic N) is 2. The minimum atomic E-state index is -0.449. The number of nitrogen functional groups attached to an aromatic ring is 1. The molecule has 0 bridgehead atoms. The van der Waals surface area contributed by atoms with Crippen LogP contribution in [0.5, 0.6) is 0 Å². The molecule has 1 atom stereocenters. The van der Waals surface area contributed by atoms with Crippen LogP contribution in [0.4, 0.5) is 10.8 Å². The molecule has 1 aliphatic rings. The smallest absolute Gasteiger partial charge is 0.344 e. The maximum Gasteiger partial charge on any atom is 0.344 e. The lowest BCUT2D eigenvalue weighted by atomic mass is 9.99. The van der Waals surface area contributed by atoms with E-state index in [1.807, 2.05) is 0 Å². The predicted molar refractivity (Wildman–Crippen MR) is 74.6 cm³/mol. The highest BCUT2D eigenvalue weighted by Gasteiger charge is 2.30. The molecule has 1 aromatic rings. The third kappa shape index (κ3) is 2.82. The maximum absolute atomic E-state index is 11.8. The zero-order valence-corrected chi connectivity index (χ0v) is 11.8. The van der Waals surface area contributed by atoms with Gasteiger partial charge in [-0.2, -0.15) is 4.37 Å². The summed E-state index contributed by atoms with van der Waals surface area (Å²) in [6.45, 7) is 0.999. The average molecular weight is 285 g/mol. The quantitative estimate of drug-likeness (QED) is 0.809. The molecule has 0 aromatic carbocycles. The number of anilines is 2. The van der Waals surface area contributed by atoms with Crippen LogP contribution in [0.15, 0.2) is 0 Å². The Balaban J connectivity index is 2.31. The number of carbonyl (C=O) groups is 1. The summed E-state index contributed by atoms with van der Waals surface area (Å²) in [5.74, 6) is -0.227. The van der Waals surface area contributed by atoms with E-state index in [2.05, 4.69) is 9.27 Å². The largest absolute Gasteiger partial charge is 0.465 e. The molecule has 1 saturated heterocycles. The van der Waals surface area contributed by atoms with Gasteiger partial charge in [0.05, 0.1) is 7.11 Å². The molecule has 106 valence electrons. The van der Waals surface area contributed by atoms with Gasteiger partial charge in [-0.15, -0.1) is 0 Å². The van der Waals surface area contributed by atoms with Crippen molar-refractivity contribution in [3.63, 3.8) is 0 Å². The van der Waals surface area contributed by atoms with Gasteiger partial charge in [0.25, 0.3) is 0 Å². The van der Waals surface area contributed by atoms with Gasteiger partial charge in [0, 0.05) is 19.2 Å². The molecule has 2 rings (SSSR count). The number of hydrogen-bond acceptors (Lipinski definition) is 7. The van der Waals surface area contributed by atoms with E-state index in [1.165, 1.54) is 18.6 Å². The van der Waals surface area contributed by atoms with Crippen molar-refractivity contribution >= 4 is 28.3 Å². The van der Waals surface area contributed by atoms with E-state index < -0.39 is 5.97 Å². The fourth-order valence-electron chi connectivity index (χ4n) is 2.50. The van der Waals surface area contributed by atoms with Gasteiger partial charge in [0.2, 0.25) is 0 Å². The first-order chi connectivity index (χ1) is 9.19. The highest BCUT2D eigenvalue weighted by Crippen LogP contribution is 2.35. The Hall–Kier alpha value is -1.34. The van der Waals surface area contributed by atoms with Crippen molar-refractivity contribution in [2.24, 2.45) is 0 Å². The Bertz CT molecular complexity index is 447. The average Bonchev–Trinajstić information content (AvgIpc) is 2.81. The number of ether oxygens (including phenoxy) is 1. The van der Waals surface area contributed by atoms with Crippen LogP contribution in [-0.2, 0) is 4.74 Å². The van der Waals surface area contributed by atoms with Crippen LogP contribution in [0.3, 0.4) is 0 Å². The number of aromatic nitrogens is 1. The van der Waals surface area contributed by atoms with Crippen LogP contribution in [0.25, 0.3) is 0 Å². The second kappa shape index (κ2) is 6.21. The third-order valence-corrected chi connectivity index (χ3v) is 4.34. The van der Waals surface area contributed by atoms with Gasteiger partial charge in [0.1, 0.15) is 10.6 Å². The van der Waals surface area contributed by atoms with Gasteiger partial charge in [-0.05, 0) is 37.2 Å². The van der Waals surface area contributed by atoms with Gasteiger partial charge in [-0.25, -0.2) is 4.79 Å². The Labute approximate surface area is 116 Å². The number of methoxy groups -OCH3 is 1. The third-order valence-electron chi connectivity index (χ3n) is 3.44. The van der Waals surface area contributed by atoms with Crippen LogP contribution in [0.2, 0.25) is 0 Å². The molecule has 0 spiro atoms. The van der Waals surface area contributed by atoms with Crippen LogP contribution in [-0.4, -0.2) is 41.8 Å². The molecule has 1 aromatic heterocycles. The SMILES string of the molecule is COC(=O)c1c(N)nsc1N1CCCCC1CCO. The van der Waals surface area contributed by atoms with Crippen molar-refractivity contribution in [1.29, 1.82) is 0 Å². The van der Waals surface area contributed by atoms with E-state index >= 15 is 0 Å². The number of nitrogens with two attached hydrogens (primary N) is 1. The van der Waals surface area contributed by atoms with Gasteiger partial charge in [-0.3, -0.25) is 0 Å². The zero-order chi connectivity index (χ0) is 13.8. The van der Waals surface area contributed by atoms with Crippen LogP contribution >= 0.6 is 11.5 Å². The Morgan fingerprint density at radius 2 is 2.42 bits per heavy atom. The first-order valence-electron chi connectivity index (χ1n) is 6.40. The van der Waals surface area contributed by atoms with Crippen LogP contribution < -0.4 is 10.6 Å². The van der Waals surface area contributed by atoms with E-state index in [9.17, 15) is 4.79 Å². The lowest BCUT2D eigenvalue weighted by Gasteiger charge is -2.36. The minimum Gasteiger partial charge on any atom is -0.465 e. The van der Waals surface area contributed by atoms with E-state index in [-0.39, 0.29) is 18.5 Å². The molecular weight excluding hydrogens is 266 g/mol. The molecule has 7 heteroatoms. The molecular formula is C12H19N3O3S. The monoisotopic (exact) mass is 285 g/mol. The summed E-state index contributed by atoms with van der Waals surface area (Å²) >= 11 is 1.22. The van der Waals surface area contributed by atoms with Crippen molar-refractivity contribution in [2.75, 3.05) is 30.9 Å². The maximum atomic E-state index is 11.8. The summed E-state index contributed by atoms with van der Waals surface area (Å²) in [6.07, 6.45) is 3.92. The van der Waals surface area contributed by atoms with E-state index in [0.29, 0.717) is 12.0 Å². The fraction of sp³-hybridized carbons (Fsp3) is 0.667. The summed E-state index contributed by atoms with van der Waals surface area (Å²) in [6, 6.07) is 0.238. The first-order valence-corrected chi connectivity index (χ1v) is 7.17. The van der Waals surface area contributed by atoms with Gasteiger partial charge in [0.15, 0.2) is 5.82 Å². The number of hydrogen-bond donors (Lipinski definition) is 2. The Kier molecular flexibility index (Phi) is 4.60. The van der Waals surface area contributed by atoms with Crippen molar-refractivity contribution in [3.8, 4) is 0 Å². The molecule has 2 heterocycles. The number of aliphatic hydroxyl groups excluding tert-OH is 1. The van der Waals surface area contributed by atoms with E-state index in [0.717, 1.165) is 30.8 Å². The molecule has 1 unspecified atom stereocenters. The Morgan fingerprint density at radius 1 is 1.63 bits per heavy atom. The molecule has 3 N–H and O–H groups in total. The second-order valence-corrected chi connectivity index (χ2v) is 5.35. The summed E-state index contributed by atoms with van der Waals surface area (Å²) < 4.78 is 8.84. The molecule has 1 aliphatic heterocycles. The summed E-state index contributed by atoms with van der Waals surface area (Å²) in [7, 11) is 1.34. The Morgan fingerprint density at radius 3 is 3.11 bits per heavy atom. The summed E-state index contributed by atoms with van der Waals surface area (Å²) in [4.78, 5) is 14.0. The van der Waals surface area contributed by atoms with E-state index in [4.69, 9.17) is 15.6 Å². The van der Waals surface area contributed by atoms with Crippen molar-refractivity contribution in [3.05, 3.63) is 5.56 Å². The molecule has 19 heavy (non-hydrogen) atoms. The lowest BCUT2D eigenvalue weighted by molar-refractivity contribution is 0.0603. The number of carbonyl (C=O) groups excluding carboxylic acids is 1. The molecule has 1 fully saturated rings. The normalized spacial score (nSPS) is 19.5.